The van der Waals surface area contributed by atoms with Crippen LogP contribution in [-0.4, -0.2) is 23.3 Å². The SMILES string of the molecule is CC1CCCC(O)(CNC(C)Cc2ccc(F)cc2)C1. The van der Waals surface area contributed by atoms with Gasteiger partial charge >= 0.3 is 0 Å². The summed E-state index contributed by atoms with van der Waals surface area (Å²) in [5, 5.41) is 14.0. The van der Waals surface area contributed by atoms with Crippen LogP contribution >= 0.6 is 0 Å². The summed E-state index contributed by atoms with van der Waals surface area (Å²) in [7, 11) is 0. The van der Waals surface area contributed by atoms with Crippen molar-refractivity contribution in [3.8, 4) is 0 Å². The average Bonchev–Trinajstić information content (AvgIpc) is 2.39. The Bertz CT molecular complexity index is 420. The van der Waals surface area contributed by atoms with Crippen LogP contribution in [0.2, 0.25) is 0 Å². The summed E-state index contributed by atoms with van der Waals surface area (Å²) in [5.74, 6) is 0.419. The highest BCUT2D eigenvalue weighted by Crippen LogP contribution is 2.31. The van der Waals surface area contributed by atoms with E-state index >= 15 is 0 Å². The van der Waals surface area contributed by atoms with Gasteiger partial charge in [0.05, 0.1) is 5.60 Å². The van der Waals surface area contributed by atoms with Gasteiger partial charge in [-0.15, -0.1) is 0 Å². The van der Waals surface area contributed by atoms with Gasteiger partial charge in [0, 0.05) is 12.6 Å². The fraction of sp³-hybridized carbons (Fsp3) is 0.647. The van der Waals surface area contributed by atoms with Crippen molar-refractivity contribution >= 4 is 0 Å². The zero-order chi connectivity index (χ0) is 14.6. The molecule has 0 aliphatic heterocycles. The van der Waals surface area contributed by atoms with Gasteiger partial charge in [-0.25, -0.2) is 4.39 Å². The third-order valence-electron chi connectivity index (χ3n) is 4.30. The van der Waals surface area contributed by atoms with E-state index in [9.17, 15) is 9.50 Å². The van der Waals surface area contributed by atoms with Crippen LogP contribution in [0.5, 0.6) is 0 Å². The fourth-order valence-electron chi connectivity index (χ4n) is 3.20. The van der Waals surface area contributed by atoms with Gasteiger partial charge in [-0.3, -0.25) is 0 Å². The molecule has 2 nitrogen and oxygen atoms in total. The molecule has 1 aliphatic carbocycles. The van der Waals surface area contributed by atoms with Crippen molar-refractivity contribution in [2.75, 3.05) is 6.54 Å². The molecule has 1 aromatic rings. The molecule has 2 N–H and O–H groups in total. The molecule has 1 fully saturated rings. The van der Waals surface area contributed by atoms with Crippen LogP contribution in [-0.2, 0) is 6.42 Å². The zero-order valence-corrected chi connectivity index (χ0v) is 12.5. The molecule has 112 valence electrons. The summed E-state index contributed by atoms with van der Waals surface area (Å²) in [4.78, 5) is 0. The fourth-order valence-corrected chi connectivity index (χ4v) is 3.20. The third kappa shape index (κ3) is 4.57. The van der Waals surface area contributed by atoms with Crippen LogP contribution in [0.1, 0.15) is 45.1 Å². The Morgan fingerprint density at radius 1 is 1.40 bits per heavy atom. The summed E-state index contributed by atoms with van der Waals surface area (Å²) >= 11 is 0. The minimum Gasteiger partial charge on any atom is -0.389 e. The molecule has 0 heterocycles. The molecular formula is C17H26FNO. The average molecular weight is 279 g/mol. The van der Waals surface area contributed by atoms with Gasteiger partial charge in [0.2, 0.25) is 0 Å². The van der Waals surface area contributed by atoms with Gasteiger partial charge in [0.25, 0.3) is 0 Å². The summed E-state index contributed by atoms with van der Waals surface area (Å²) in [6.45, 7) is 4.98. The molecule has 20 heavy (non-hydrogen) atoms. The Balaban J connectivity index is 1.79. The number of hydrogen-bond donors (Lipinski definition) is 2. The Hall–Kier alpha value is -0.930. The molecule has 0 radical (unpaired) electrons. The summed E-state index contributed by atoms with van der Waals surface area (Å²) < 4.78 is 12.9. The van der Waals surface area contributed by atoms with E-state index in [0.717, 1.165) is 31.2 Å². The van der Waals surface area contributed by atoms with Gasteiger partial charge in [-0.05, 0) is 49.8 Å². The van der Waals surface area contributed by atoms with Crippen molar-refractivity contribution in [3.63, 3.8) is 0 Å². The van der Waals surface area contributed by atoms with E-state index in [1.165, 1.54) is 18.6 Å². The highest BCUT2D eigenvalue weighted by atomic mass is 19.1. The third-order valence-corrected chi connectivity index (χ3v) is 4.30. The van der Waals surface area contributed by atoms with Gasteiger partial charge in [0.15, 0.2) is 0 Å². The lowest BCUT2D eigenvalue weighted by Crippen LogP contribution is -2.46. The van der Waals surface area contributed by atoms with Gasteiger partial charge < -0.3 is 10.4 Å². The molecule has 0 saturated heterocycles. The number of benzene rings is 1. The van der Waals surface area contributed by atoms with E-state index < -0.39 is 5.60 Å². The Morgan fingerprint density at radius 3 is 2.75 bits per heavy atom. The zero-order valence-electron chi connectivity index (χ0n) is 12.5. The van der Waals surface area contributed by atoms with Gasteiger partial charge in [-0.1, -0.05) is 31.9 Å². The summed E-state index contributed by atoms with van der Waals surface area (Å²) in [5.41, 5.74) is 0.574. The minimum atomic E-state index is -0.547. The lowest BCUT2D eigenvalue weighted by atomic mass is 9.79. The molecule has 1 aromatic carbocycles. The summed E-state index contributed by atoms with van der Waals surface area (Å²) in [6, 6.07) is 6.92. The van der Waals surface area contributed by atoms with Crippen molar-refractivity contribution in [1.29, 1.82) is 0 Å². The maximum Gasteiger partial charge on any atom is 0.123 e. The van der Waals surface area contributed by atoms with Gasteiger partial charge in [-0.2, -0.15) is 0 Å². The van der Waals surface area contributed by atoms with Crippen LogP contribution in [0.4, 0.5) is 4.39 Å². The summed E-state index contributed by atoms with van der Waals surface area (Å²) in [6.07, 6.45) is 4.99. The molecule has 0 amide bonds. The normalized spacial score (nSPS) is 28.3. The quantitative estimate of drug-likeness (QED) is 0.867. The van der Waals surface area contributed by atoms with E-state index in [4.69, 9.17) is 0 Å². The van der Waals surface area contributed by atoms with Crippen molar-refractivity contribution < 1.29 is 9.50 Å². The molecule has 1 saturated carbocycles. The highest BCUT2D eigenvalue weighted by molar-refractivity contribution is 5.17. The number of rotatable bonds is 5. The van der Waals surface area contributed by atoms with E-state index in [2.05, 4.69) is 19.2 Å². The molecule has 1 aliphatic rings. The maximum absolute atomic E-state index is 12.9. The van der Waals surface area contributed by atoms with Crippen LogP contribution in [0.3, 0.4) is 0 Å². The second-order valence-corrected chi connectivity index (χ2v) is 6.54. The highest BCUT2D eigenvalue weighted by Gasteiger charge is 2.32. The lowest BCUT2D eigenvalue weighted by Gasteiger charge is -2.36. The van der Waals surface area contributed by atoms with Crippen LogP contribution in [0.25, 0.3) is 0 Å². The van der Waals surface area contributed by atoms with Crippen molar-refractivity contribution in [3.05, 3.63) is 35.6 Å². The molecule has 3 heteroatoms. The first-order chi connectivity index (χ1) is 9.47. The second kappa shape index (κ2) is 6.68. The number of halogens is 1. The Morgan fingerprint density at radius 2 is 2.10 bits per heavy atom. The van der Waals surface area contributed by atoms with Crippen molar-refractivity contribution in [2.24, 2.45) is 5.92 Å². The molecular weight excluding hydrogens is 253 g/mol. The van der Waals surface area contributed by atoms with Crippen molar-refractivity contribution in [1.82, 2.24) is 5.32 Å². The number of nitrogens with one attached hydrogen (secondary N) is 1. The van der Waals surface area contributed by atoms with E-state index in [1.54, 1.807) is 0 Å². The first kappa shape index (κ1) is 15.5. The monoisotopic (exact) mass is 279 g/mol. The first-order valence-corrected chi connectivity index (χ1v) is 7.67. The second-order valence-electron chi connectivity index (χ2n) is 6.54. The minimum absolute atomic E-state index is 0.195. The van der Waals surface area contributed by atoms with Crippen LogP contribution < -0.4 is 5.32 Å². The predicted molar refractivity (Wildman–Crippen MR) is 80.2 cm³/mol. The molecule has 3 unspecified atom stereocenters. The smallest absolute Gasteiger partial charge is 0.123 e. The standard InChI is InChI=1S/C17H26FNO/c1-13-4-3-9-17(20,11-13)12-19-14(2)10-15-5-7-16(18)8-6-15/h5-8,13-14,19-20H,3-4,9-12H2,1-2H3. The molecule has 3 atom stereocenters. The number of hydrogen-bond acceptors (Lipinski definition) is 2. The number of aliphatic hydroxyl groups is 1. The topological polar surface area (TPSA) is 32.3 Å². The maximum atomic E-state index is 12.9. The molecule has 0 aromatic heterocycles. The lowest BCUT2D eigenvalue weighted by molar-refractivity contribution is -0.0133. The Labute approximate surface area is 121 Å². The molecule has 2 rings (SSSR count). The molecule has 0 spiro atoms. The molecule has 0 bridgehead atoms. The predicted octanol–water partition coefficient (Wildman–Crippen LogP) is 3.29. The Kier molecular flexibility index (Phi) is 5.17. The largest absolute Gasteiger partial charge is 0.389 e. The van der Waals surface area contributed by atoms with Crippen LogP contribution in [0.15, 0.2) is 24.3 Å². The van der Waals surface area contributed by atoms with Crippen LogP contribution in [0, 0.1) is 11.7 Å². The van der Waals surface area contributed by atoms with Gasteiger partial charge in [0.1, 0.15) is 5.82 Å². The van der Waals surface area contributed by atoms with E-state index in [1.807, 2.05) is 12.1 Å². The van der Waals surface area contributed by atoms with E-state index in [-0.39, 0.29) is 11.9 Å². The van der Waals surface area contributed by atoms with Crippen molar-refractivity contribution in [2.45, 2.75) is 57.6 Å². The van der Waals surface area contributed by atoms with E-state index in [0.29, 0.717) is 12.5 Å². The first-order valence-electron chi connectivity index (χ1n) is 7.67.